The predicted octanol–water partition coefficient (Wildman–Crippen LogP) is 5.19. The lowest BCUT2D eigenvalue weighted by atomic mass is 9.98. The average molecular weight is 378 g/mol. The van der Waals surface area contributed by atoms with Crippen molar-refractivity contribution in [2.24, 2.45) is 0 Å². The molecule has 3 rings (SSSR count). The van der Waals surface area contributed by atoms with Crippen LogP contribution in [0.5, 0.6) is 0 Å². The number of nitrogens with zero attached hydrogens (tertiary/aromatic N) is 2. The molecule has 0 bridgehead atoms. The van der Waals surface area contributed by atoms with E-state index in [-0.39, 0.29) is 5.82 Å². The molecule has 0 spiro atoms. The van der Waals surface area contributed by atoms with Crippen molar-refractivity contribution in [1.29, 1.82) is 5.26 Å². The van der Waals surface area contributed by atoms with Gasteiger partial charge in [-0.15, -0.1) is 0 Å². The van der Waals surface area contributed by atoms with Crippen LogP contribution in [-0.2, 0) is 6.42 Å². The van der Waals surface area contributed by atoms with Crippen molar-refractivity contribution in [3.8, 4) is 28.5 Å². The minimum Gasteiger partial charge on any atom is -0.383 e. The maximum absolute atomic E-state index is 9.47. The van der Waals surface area contributed by atoms with Gasteiger partial charge in [0.05, 0.1) is 5.69 Å². The van der Waals surface area contributed by atoms with Crippen molar-refractivity contribution < 1.29 is 0 Å². The molecule has 4 heteroatoms. The molecule has 0 aliphatic carbocycles. The molecule has 2 aromatic carbocycles. The zero-order valence-electron chi connectivity index (χ0n) is 13.3. The number of rotatable bonds is 3. The lowest BCUT2D eigenvalue weighted by molar-refractivity contribution is 1.14. The first-order valence-electron chi connectivity index (χ1n) is 7.68. The smallest absolute Gasteiger partial charge is 0.142 e. The second-order valence-corrected chi connectivity index (χ2v) is 6.40. The van der Waals surface area contributed by atoms with Crippen LogP contribution in [0, 0.1) is 11.3 Å². The van der Waals surface area contributed by atoms with E-state index in [1.807, 2.05) is 42.5 Å². The molecular weight excluding hydrogens is 362 g/mol. The van der Waals surface area contributed by atoms with Gasteiger partial charge in [-0.3, -0.25) is 0 Å². The highest BCUT2D eigenvalue weighted by Crippen LogP contribution is 2.31. The number of pyridine rings is 1. The molecule has 0 aliphatic heterocycles. The molecule has 0 radical (unpaired) electrons. The van der Waals surface area contributed by atoms with Crippen molar-refractivity contribution in [3.05, 3.63) is 70.2 Å². The van der Waals surface area contributed by atoms with Gasteiger partial charge in [0.2, 0.25) is 0 Å². The van der Waals surface area contributed by atoms with E-state index in [9.17, 15) is 5.26 Å². The Kier molecular flexibility index (Phi) is 4.64. The molecule has 1 heterocycles. The van der Waals surface area contributed by atoms with Crippen LogP contribution in [0.25, 0.3) is 22.4 Å². The number of nitriles is 1. The minimum atomic E-state index is 0.257. The number of nitrogens with two attached hydrogens (primary N) is 1. The van der Waals surface area contributed by atoms with E-state index in [0.29, 0.717) is 5.56 Å². The fourth-order valence-electron chi connectivity index (χ4n) is 2.60. The highest BCUT2D eigenvalue weighted by Gasteiger charge is 2.13. The van der Waals surface area contributed by atoms with E-state index in [0.717, 1.165) is 33.3 Å². The summed E-state index contributed by atoms with van der Waals surface area (Å²) in [6, 6.07) is 20.2. The molecule has 0 atom stereocenters. The van der Waals surface area contributed by atoms with Crippen LogP contribution in [-0.4, -0.2) is 4.98 Å². The summed E-state index contributed by atoms with van der Waals surface area (Å²) in [7, 11) is 0. The summed E-state index contributed by atoms with van der Waals surface area (Å²) in [6.07, 6.45) is 0.993. The van der Waals surface area contributed by atoms with E-state index < -0.39 is 0 Å². The van der Waals surface area contributed by atoms with Gasteiger partial charge >= 0.3 is 0 Å². The monoisotopic (exact) mass is 377 g/mol. The van der Waals surface area contributed by atoms with Gasteiger partial charge in [0.1, 0.15) is 17.5 Å². The molecule has 3 nitrogen and oxygen atoms in total. The number of hydrogen-bond donors (Lipinski definition) is 1. The van der Waals surface area contributed by atoms with Crippen LogP contribution >= 0.6 is 15.9 Å². The van der Waals surface area contributed by atoms with Crippen LogP contribution < -0.4 is 5.73 Å². The van der Waals surface area contributed by atoms with Gasteiger partial charge in [0.25, 0.3) is 0 Å². The van der Waals surface area contributed by atoms with E-state index >= 15 is 0 Å². The number of hydrogen-bond acceptors (Lipinski definition) is 3. The number of aryl methyl sites for hydroxylation is 1. The van der Waals surface area contributed by atoms with Gasteiger partial charge in [0.15, 0.2) is 0 Å². The standard InChI is InChI=1S/C20H16BrN3/c1-2-13-3-5-15(6-4-13)19-11-17(18(12-22)20(23)24-19)14-7-9-16(21)10-8-14/h3-11H,2H2,1H3,(H2,23,24). The number of anilines is 1. The summed E-state index contributed by atoms with van der Waals surface area (Å²) in [5, 5.41) is 9.47. The maximum atomic E-state index is 9.47. The van der Waals surface area contributed by atoms with Crippen molar-refractivity contribution in [3.63, 3.8) is 0 Å². The Balaban J connectivity index is 2.15. The molecule has 0 aliphatic rings. The third-order valence-corrected chi connectivity index (χ3v) is 4.50. The fraction of sp³-hybridized carbons (Fsp3) is 0.100. The Morgan fingerprint density at radius 3 is 2.25 bits per heavy atom. The first-order valence-corrected chi connectivity index (χ1v) is 8.47. The summed E-state index contributed by atoms with van der Waals surface area (Å²) >= 11 is 3.43. The third kappa shape index (κ3) is 3.17. The van der Waals surface area contributed by atoms with Gasteiger partial charge in [-0.2, -0.15) is 5.26 Å². The summed E-state index contributed by atoms with van der Waals surface area (Å²) in [5.74, 6) is 0.257. The highest BCUT2D eigenvalue weighted by atomic mass is 79.9. The van der Waals surface area contributed by atoms with E-state index in [4.69, 9.17) is 5.73 Å². The zero-order chi connectivity index (χ0) is 17.1. The number of aromatic nitrogens is 1. The van der Waals surface area contributed by atoms with Crippen molar-refractivity contribution in [2.75, 3.05) is 5.73 Å². The van der Waals surface area contributed by atoms with Gasteiger partial charge in [0, 0.05) is 15.6 Å². The van der Waals surface area contributed by atoms with Crippen molar-refractivity contribution in [2.45, 2.75) is 13.3 Å². The molecule has 0 saturated heterocycles. The quantitative estimate of drug-likeness (QED) is 0.682. The summed E-state index contributed by atoms with van der Waals surface area (Å²) in [6.45, 7) is 2.12. The SMILES string of the molecule is CCc1ccc(-c2cc(-c3ccc(Br)cc3)c(C#N)c(N)n2)cc1. The molecular formula is C20H16BrN3. The molecule has 0 amide bonds. The van der Waals surface area contributed by atoms with Crippen molar-refractivity contribution >= 4 is 21.7 Å². The molecule has 3 aromatic rings. The number of nitrogen functional groups attached to an aromatic ring is 1. The van der Waals surface area contributed by atoms with Gasteiger partial charge in [-0.05, 0) is 35.7 Å². The Morgan fingerprint density at radius 2 is 1.67 bits per heavy atom. The summed E-state index contributed by atoms with van der Waals surface area (Å²) in [5.41, 5.74) is 11.2. The summed E-state index contributed by atoms with van der Waals surface area (Å²) < 4.78 is 0.988. The Bertz CT molecular complexity index is 907. The molecule has 24 heavy (non-hydrogen) atoms. The highest BCUT2D eigenvalue weighted by molar-refractivity contribution is 9.10. The minimum absolute atomic E-state index is 0.257. The topological polar surface area (TPSA) is 62.7 Å². The number of halogens is 1. The number of benzene rings is 2. The second kappa shape index (κ2) is 6.86. The third-order valence-electron chi connectivity index (χ3n) is 3.97. The largest absolute Gasteiger partial charge is 0.383 e. The molecule has 0 unspecified atom stereocenters. The maximum Gasteiger partial charge on any atom is 0.142 e. The first kappa shape index (κ1) is 16.2. The van der Waals surface area contributed by atoms with Gasteiger partial charge < -0.3 is 5.73 Å². The molecule has 1 aromatic heterocycles. The molecule has 2 N–H and O–H groups in total. The van der Waals surface area contributed by atoms with Gasteiger partial charge in [-0.1, -0.05) is 59.3 Å². The van der Waals surface area contributed by atoms with E-state index in [1.54, 1.807) is 0 Å². The fourth-order valence-corrected chi connectivity index (χ4v) is 2.86. The summed E-state index contributed by atoms with van der Waals surface area (Å²) in [4.78, 5) is 4.42. The lowest BCUT2D eigenvalue weighted by Gasteiger charge is -2.11. The first-order chi connectivity index (χ1) is 11.6. The predicted molar refractivity (Wildman–Crippen MR) is 101 cm³/mol. The van der Waals surface area contributed by atoms with Crippen LogP contribution in [0.2, 0.25) is 0 Å². The van der Waals surface area contributed by atoms with E-state index in [2.05, 4.69) is 46.0 Å². The lowest BCUT2D eigenvalue weighted by Crippen LogP contribution is -1.99. The average Bonchev–Trinajstić information content (AvgIpc) is 2.62. The van der Waals surface area contributed by atoms with Crippen LogP contribution in [0.4, 0.5) is 5.82 Å². The van der Waals surface area contributed by atoms with Gasteiger partial charge in [-0.25, -0.2) is 4.98 Å². The Morgan fingerprint density at radius 1 is 1.04 bits per heavy atom. The van der Waals surface area contributed by atoms with Crippen LogP contribution in [0.15, 0.2) is 59.1 Å². The zero-order valence-corrected chi connectivity index (χ0v) is 14.8. The van der Waals surface area contributed by atoms with Crippen LogP contribution in [0.3, 0.4) is 0 Å². The molecule has 118 valence electrons. The normalized spacial score (nSPS) is 10.4. The van der Waals surface area contributed by atoms with Crippen molar-refractivity contribution in [1.82, 2.24) is 4.98 Å². The molecule has 0 fully saturated rings. The second-order valence-electron chi connectivity index (χ2n) is 5.48. The van der Waals surface area contributed by atoms with E-state index in [1.165, 1.54) is 5.56 Å². The Hall–Kier alpha value is -2.64. The molecule has 0 saturated carbocycles. The van der Waals surface area contributed by atoms with Crippen LogP contribution in [0.1, 0.15) is 18.1 Å². The Labute approximate surface area is 149 Å².